The van der Waals surface area contributed by atoms with Crippen LogP contribution in [0.3, 0.4) is 0 Å². The summed E-state index contributed by atoms with van der Waals surface area (Å²) >= 11 is 1.91. The number of hydrogen-bond donors (Lipinski definition) is 2. The molecule has 1 aromatic heterocycles. The van der Waals surface area contributed by atoms with Crippen LogP contribution in [0.25, 0.3) is 0 Å². The van der Waals surface area contributed by atoms with Crippen LogP contribution in [0.2, 0.25) is 0 Å². The molecule has 106 valence electrons. The SMILES string of the molecule is Cc1cc(CNCc2cccc3c2CCNC3)sc1C. The van der Waals surface area contributed by atoms with Gasteiger partial charge >= 0.3 is 0 Å². The minimum Gasteiger partial charge on any atom is -0.312 e. The fourth-order valence-electron chi connectivity index (χ4n) is 2.83. The summed E-state index contributed by atoms with van der Waals surface area (Å²) in [5.74, 6) is 0. The molecule has 2 nitrogen and oxygen atoms in total. The quantitative estimate of drug-likeness (QED) is 0.901. The van der Waals surface area contributed by atoms with Crippen LogP contribution in [-0.4, -0.2) is 6.54 Å². The first-order chi connectivity index (χ1) is 9.74. The van der Waals surface area contributed by atoms with Crippen LogP contribution in [0, 0.1) is 13.8 Å². The maximum absolute atomic E-state index is 3.60. The molecule has 0 amide bonds. The largest absolute Gasteiger partial charge is 0.312 e. The van der Waals surface area contributed by atoms with Crippen molar-refractivity contribution >= 4 is 11.3 Å². The van der Waals surface area contributed by atoms with E-state index in [1.165, 1.54) is 26.4 Å². The van der Waals surface area contributed by atoms with Gasteiger partial charge in [0.2, 0.25) is 0 Å². The van der Waals surface area contributed by atoms with Gasteiger partial charge in [-0.3, -0.25) is 0 Å². The van der Waals surface area contributed by atoms with E-state index in [0.717, 1.165) is 32.6 Å². The van der Waals surface area contributed by atoms with Crippen LogP contribution in [0.1, 0.15) is 32.0 Å². The number of nitrogens with one attached hydrogen (secondary N) is 2. The van der Waals surface area contributed by atoms with Gasteiger partial charge in [0.25, 0.3) is 0 Å². The van der Waals surface area contributed by atoms with E-state index in [9.17, 15) is 0 Å². The van der Waals surface area contributed by atoms with Crippen LogP contribution in [0.15, 0.2) is 24.3 Å². The topological polar surface area (TPSA) is 24.1 Å². The second-order valence-corrected chi connectivity index (χ2v) is 6.88. The predicted octanol–water partition coefficient (Wildman–Crippen LogP) is 3.30. The van der Waals surface area contributed by atoms with Crippen molar-refractivity contribution in [3.05, 3.63) is 56.3 Å². The Bertz CT molecular complexity index is 582. The standard InChI is InChI=1S/C17H22N2S/c1-12-8-16(20-13(12)2)11-19-10-15-5-3-4-14-9-18-7-6-17(14)15/h3-5,8,18-19H,6-7,9-11H2,1-2H3. The van der Waals surface area contributed by atoms with Gasteiger partial charge in [-0.15, -0.1) is 11.3 Å². The Morgan fingerprint density at radius 2 is 2.15 bits per heavy atom. The monoisotopic (exact) mass is 286 g/mol. The second-order valence-electron chi connectivity index (χ2n) is 5.54. The molecule has 2 N–H and O–H groups in total. The summed E-state index contributed by atoms with van der Waals surface area (Å²) in [5.41, 5.74) is 5.90. The lowest BCUT2D eigenvalue weighted by atomic mass is 9.95. The average Bonchev–Trinajstić information content (AvgIpc) is 2.78. The van der Waals surface area contributed by atoms with Gasteiger partial charge in [0.05, 0.1) is 0 Å². The van der Waals surface area contributed by atoms with E-state index < -0.39 is 0 Å². The molecule has 20 heavy (non-hydrogen) atoms. The fraction of sp³-hybridized carbons (Fsp3) is 0.412. The maximum atomic E-state index is 3.60. The molecule has 2 aromatic rings. The molecule has 0 atom stereocenters. The summed E-state index contributed by atoms with van der Waals surface area (Å²) in [5, 5.41) is 7.04. The Labute approximate surface area is 125 Å². The molecule has 0 bridgehead atoms. The maximum Gasteiger partial charge on any atom is 0.0303 e. The summed E-state index contributed by atoms with van der Waals surface area (Å²) < 4.78 is 0. The van der Waals surface area contributed by atoms with Gasteiger partial charge in [-0.2, -0.15) is 0 Å². The van der Waals surface area contributed by atoms with E-state index in [4.69, 9.17) is 0 Å². The highest BCUT2D eigenvalue weighted by Crippen LogP contribution is 2.21. The molecule has 3 rings (SSSR count). The Hall–Kier alpha value is -1.16. The van der Waals surface area contributed by atoms with Crippen molar-refractivity contribution in [2.45, 2.75) is 39.9 Å². The molecular formula is C17H22N2S. The molecule has 0 radical (unpaired) electrons. The lowest BCUT2D eigenvalue weighted by Gasteiger charge is -2.20. The average molecular weight is 286 g/mol. The first-order valence-electron chi connectivity index (χ1n) is 7.31. The minimum absolute atomic E-state index is 0.971. The van der Waals surface area contributed by atoms with Gasteiger partial charge in [-0.1, -0.05) is 18.2 Å². The Morgan fingerprint density at radius 1 is 1.25 bits per heavy atom. The molecule has 2 heterocycles. The molecule has 0 aliphatic carbocycles. The number of fused-ring (bicyclic) bond motifs is 1. The molecule has 0 unspecified atom stereocenters. The number of hydrogen-bond acceptors (Lipinski definition) is 3. The fourth-order valence-corrected chi connectivity index (χ4v) is 3.86. The van der Waals surface area contributed by atoms with E-state index in [-0.39, 0.29) is 0 Å². The zero-order chi connectivity index (χ0) is 13.9. The van der Waals surface area contributed by atoms with Crippen LogP contribution in [-0.2, 0) is 26.1 Å². The highest BCUT2D eigenvalue weighted by molar-refractivity contribution is 7.12. The van der Waals surface area contributed by atoms with Gasteiger partial charge < -0.3 is 10.6 Å². The van der Waals surface area contributed by atoms with E-state index in [2.05, 4.69) is 48.7 Å². The van der Waals surface area contributed by atoms with Crippen LogP contribution >= 0.6 is 11.3 Å². The Kier molecular flexibility index (Phi) is 4.20. The van der Waals surface area contributed by atoms with Crippen LogP contribution in [0.4, 0.5) is 0 Å². The number of thiophene rings is 1. The molecule has 1 aliphatic heterocycles. The first kappa shape index (κ1) is 13.8. The highest BCUT2D eigenvalue weighted by Gasteiger charge is 2.11. The molecule has 0 saturated heterocycles. The third kappa shape index (κ3) is 2.95. The molecule has 0 saturated carbocycles. The Morgan fingerprint density at radius 3 is 2.95 bits per heavy atom. The first-order valence-corrected chi connectivity index (χ1v) is 8.12. The predicted molar refractivity (Wildman–Crippen MR) is 86.2 cm³/mol. The molecule has 3 heteroatoms. The minimum atomic E-state index is 0.971. The van der Waals surface area contributed by atoms with Crippen molar-refractivity contribution in [3.8, 4) is 0 Å². The third-order valence-corrected chi connectivity index (χ3v) is 5.22. The van der Waals surface area contributed by atoms with Gasteiger partial charge in [0.15, 0.2) is 0 Å². The highest BCUT2D eigenvalue weighted by atomic mass is 32.1. The lowest BCUT2D eigenvalue weighted by molar-refractivity contribution is 0.627. The third-order valence-electron chi connectivity index (χ3n) is 4.07. The molecule has 1 aliphatic rings. The van der Waals surface area contributed by atoms with Crippen LogP contribution in [0.5, 0.6) is 0 Å². The smallest absolute Gasteiger partial charge is 0.0303 e. The summed E-state index contributed by atoms with van der Waals surface area (Å²) in [6, 6.07) is 9.00. The van der Waals surface area contributed by atoms with Crippen molar-refractivity contribution in [3.63, 3.8) is 0 Å². The van der Waals surface area contributed by atoms with E-state index in [0.29, 0.717) is 0 Å². The molecule has 1 aromatic carbocycles. The Balaban J connectivity index is 1.64. The van der Waals surface area contributed by atoms with Gasteiger partial charge in [-0.05, 0) is 55.1 Å². The number of benzene rings is 1. The van der Waals surface area contributed by atoms with Gasteiger partial charge in [-0.25, -0.2) is 0 Å². The zero-order valence-corrected chi connectivity index (χ0v) is 13.1. The summed E-state index contributed by atoms with van der Waals surface area (Å²) in [7, 11) is 0. The summed E-state index contributed by atoms with van der Waals surface area (Å²) in [4.78, 5) is 2.87. The van der Waals surface area contributed by atoms with Crippen LogP contribution < -0.4 is 10.6 Å². The van der Waals surface area contributed by atoms with Gasteiger partial charge in [0.1, 0.15) is 0 Å². The zero-order valence-electron chi connectivity index (χ0n) is 12.3. The molecular weight excluding hydrogens is 264 g/mol. The van der Waals surface area contributed by atoms with E-state index in [1.807, 2.05) is 11.3 Å². The number of aryl methyl sites for hydroxylation is 2. The van der Waals surface area contributed by atoms with Crippen molar-refractivity contribution in [2.24, 2.45) is 0 Å². The summed E-state index contributed by atoms with van der Waals surface area (Å²) in [6.07, 6.45) is 1.16. The van der Waals surface area contributed by atoms with Crippen molar-refractivity contribution in [1.82, 2.24) is 10.6 Å². The molecule has 0 fully saturated rings. The normalized spacial score (nSPS) is 14.3. The van der Waals surface area contributed by atoms with E-state index in [1.54, 1.807) is 5.56 Å². The van der Waals surface area contributed by atoms with Crippen molar-refractivity contribution in [1.29, 1.82) is 0 Å². The summed E-state index contributed by atoms with van der Waals surface area (Å²) in [6.45, 7) is 8.46. The lowest BCUT2D eigenvalue weighted by Crippen LogP contribution is -2.25. The number of rotatable bonds is 4. The second kappa shape index (κ2) is 6.08. The van der Waals surface area contributed by atoms with Gasteiger partial charge in [0, 0.05) is 29.4 Å². The van der Waals surface area contributed by atoms with Crippen molar-refractivity contribution < 1.29 is 0 Å². The van der Waals surface area contributed by atoms with Crippen molar-refractivity contribution in [2.75, 3.05) is 6.54 Å². The van der Waals surface area contributed by atoms with E-state index >= 15 is 0 Å². The molecule has 0 spiro atoms.